The number of hydrogen-bond donors (Lipinski definition) is 1. The first kappa shape index (κ1) is 17.9. The lowest BCUT2D eigenvalue weighted by atomic mass is 9.99. The molecule has 0 spiro atoms. The molecule has 0 bridgehead atoms. The van der Waals surface area contributed by atoms with Gasteiger partial charge in [0, 0.05) is 32.4 Å². The Morgan fingerprint density at radius 1 is 1.00 bits per heavy atom. The Kier molecular flexibility index (Phi) is 3.69. The Morgan fingerprint density at radius 3 is 2.40 bits per heavy atom. The Morgan fingerprint density at radius 2 is 1.70 bits per heavy atom. The summed E-state index contributed by atoms with van der Waals surface area (Å²) in [5, 5.41) is 14.9. The van der Waals surface area contributed by atoms with E-state index in [4.69, 9.17) is 0 Å². The van der Waals surface area contributed by atoms with Gasteiger partial charge < -0.3 is 9.88 Å². The van der Waals surface area contributed by atoms with Crippen molar-refractivity contribution in [3.05, 3.63) is 96.9 Å². The van der Waals surface area contributed by atoms with Crippen LogP contribution in [0.5, 0.6) is 0 Å². The summed E-state index contributed by atoms with van der Waals surface area (Å²) in [6, 6.07) is 13.5. The van der Waals surface area contributed by atoms with E-state index in [9.17, 15) is 19.7 Å². The SMILES string of the molecule is Cn1c(=O)c2cn3c(c2n(C)c1=O)[C@H](c1ccc([N+](=O)[O-])cc1)Nc1ccccc1-3. The van der Waals surface area contributed by atoms with Crippen molar-refractivity contribution < 1.29 is 4.92 Å². The maximum absolute atomic E-state index is 12.8. The van der Waals surface area contributed by atoms with Crippen molar-refractivity contribution in [1.29, 1.82) is 0 Å². The quantitative estimate of drug-likeness (QED) is 0.409. The highest BCUT2D eigenvalue weighted by Crippen LogP contribution is 2.40. The van der Waals surface area contributed by atoms with E-state index < -0.39 is 16.7 Å². The monoisotopic (exact) mass is 403 g/mol. The number of benzene rings is 2. The largest absolute Gasteiger partial charge is 0.371 e. The Labute approximate surface area is 169 Å². The van der Waals surface area contributed by atoms with Gasteiger partial charge in [-0.15, -0.1) is 0 Å². The van der Waals surface area contributed by atoms with Gasteiger partial charge in [-0.25, -0.2) is 4.79 Å². The van der Waals surface area contributed by atoms with Crippen LogP contribution in [0.25, 0.3) is 16.6 Å². The first-order valence-electron chi connectivity index (χ1n) is 9.29. The van der Waals surface area contributed by atoms with E-state index in [0.29, 0.717) is 10.9 Å². The van der Waals surface area contributed by atoms with E-state index in [1.807, 2.05) is 28.8 Å². The normalized spacial score (nSPS) is 14.8. The van der Waals surface area contributed by atoms with Crippen molar-refractivity contribution in [3.8, 4) is 5.69 Å². The van der Waals surface area contributed by atoms with Gasteiger partial charge in [-0.05, 0) is 29.8 Å². The van der Waals surface area contributed by atoms with E-state index in [1.54, 1.807) is 25.4 Å². The summed E-state index contributed by atoms with van der Waals surface area (Å²) in [5.41, 5.74) is 2.98. The molecule has 2 aromatic heterocycles. The third kappa shape index (κ3) is 2.35. The Balaban J connectivity index is 1.86. The van der Waals surface area contributed by atoms with E-state index in [0.717, 1.165) is 27.2 Å². The summed E-state index contributed by atoms with van der Waals surface area (Å²) >= 11 is 0. The van der Waals surface area contributed by atoms with Crippen molar-refractivity contribution >= 4 is 22.3 Å². The van der Waals surface area contributed by atoms with E-state index in [2.05, 4.69) is 5.32 Å². The average Bonchev–Trinajstić information content (AvgIpc) is 3.17. The number of nitro groups is 1. The minimum Gasteiger partial charge on any atom is -0.371 e. The van der Waals surface area contributed by atoms with Crippen LogP contribution in [0, 0.1) is 10.1 Å². The number of nitro benzene ring substituents is 1. The molecule has 150 valence electrons. The Bertz CT molecular complexity index is 1460. The van der Waals surface area contributed by atoms with Gasteiger partial charge in [-0.2, -0.15) is 0 Å². The van der Waals surface area contributed by atoms with Crippen LogP contribution < -0.4 is 16.6 Å². The lowest BCUT2D eigenvalue weighted by molar-refractivity contribution is -0.384. The van der Waals surface area contributed by atoms with Crippen LogP contribution in [0.15, 0.2) is 64.3 Å². The number of non-ortho nitro benzene ring substituents is 1. The van der Waals surface area contributed by atoms with Crippen LogP contribution in [0.2, 0.25) is 0 Å². The Hall–Kier alpha value is -4.14. The standard InChI is InChI=1S/C21H17N5O4/c1-23-18-14(20(27)24(2)21(23)28)11-25-16-6-4-3-5-15(16)22-17(19(18)25)12-7-9-13(10-8-12)26(29)30/h3-11,17,22H,1-2H3/t17-/m0/s1. The van der Waals surface area contributed by atoms with Gasteiger partial charge in [0.2, 0.25) is 0 Å². The lowest BCUT2D eigenvalue weighted by Gasteiger charge is -2.30. The molecule has 1 aliphatic rings. The number of para-hydroxylation sites is 2. The highest BCUT2D eigenvalue weighted by molar-refractivity contribution is 5.86. The molecule has 4 aromatic rings. The van der Waals surface area contributed by atoms with Crippen molar-refractivity contribution in [2.24, 2.45) is 14.1 Å². The molecule has 0 aliphatic carbocycles. The second-order valence-corrected chi connectivity index (χ2v) is 7.30. The second kappa shape index (κ2) is 6.18. The van der Waals surface area contributed by atoms with Crippen molar-refractivity contribution in [3.63, 3.8) is 0 Å². The zero-order valence-electron chi connectivity index (χ0n) is 16.2. The smallest absolute Gasteiger partial charge is 0.331 e. The summed E-state index contributed by atoms with van der Waals surface area (Å²) in [6.07, 6.45) is 1.75. The zero-order valence-corrected chi connectivity index (χ0v) is 16.2. The number of anilines is 1. The van der Waals surface area contributed by atoms with Gasteiger partial charge >= 0.3 is 5.69 Å². The van der Waals surface area contributed by atoms with Crippen molar-refractivity contribution in [2.75, 3.05) is 5.32 Å². The molecule has 9 heteroatoms. The van der Waals surface area contributed by atoms with Crippen LogP contribution in [0.3, 0.4) is 0 Å². The molecule has 0 unspecified atom stereocenters. The number of aryl methyl sites for hydroxylation is 1. The van der Waals surface area contributed by atoms with E-state index in [-0.39, 0.29) is 11.2 Å². The zero-order chi connectivity index (χ0) is 21.2. The molecule has 1 aliphatic heterocycles. The number of rotatable bonds is 2. The van der Waals surface area contributed by atoms with Gasteiger partial charge in [-0.3, -0.25) is 24.0 Å². The molecule has 5 rings (SSSR count). The van der Waals surface area contributed by atoms with Crippen LogP contribution in [0.4, 0.5) is 11.4 Å². The summed E-state index contributed by atoms with van der Waals surface area (Å²) in [5.74, 6) is 0. The van der Waals surface area contributed by atoms with Crippen LogP contribution in [-0.2, 0) is 14.1 Å². The molecule has 3 heterocycles. The second-order valence-electron chi connectivity index (χ2n) is 7.30. The van der Waals surface area contributed by atoms with Crippen LogP contribution in [0.1, 0.15) is 17.3 Å². The third-order valence-corrected chi connectivity index (χ3v) is 5.63. The number of nitrogens with one attached hydrogen (secondary N) is 1. The van der Waals surface area contributed by atoms with Crippen LogP contribution >= 0.6 is 0 Å². The summed E-state index contributed by atoms with van der Waals surface area (Å²) in [6.45, 7) is 0. The predicted molar refractivity (Wildman–Crippen MR) is 112 cm³/mol. The molecule has 0 saturated carbocycles. The summed E-state index contributed by atoms with van der Waals surface area (Å²) in [7, 11) is 3.10. The van der Waals surface area contributed by atoms with Gasteiger partial charge in [-0.1, -0.05) is 12.1 Å². The first-order valence-corrected chi connectivity index (χ1v) is 9.29. The fraction of sp³-hybridized carbons (Fsp3) is 0.143. The molecule has 1 N–H and O–H groups in total. The number of hydrogen-bond acceptors (Lipinski definition) is 5. The maximum atomic E-state index is 12.8. The summed E-state index contributed by atoms with van der Waals surface area (Å²) in [4.78, 5) is 36.1. The van der Waals surface area contributed by atoms with Crippen molar-refractivity contribution in [2.45, 2.75) is 6.04 Å². The highest BCUT2D eigenvalue weighted by atomic mass is 16.6. The first-order chi connectivity index (χ1) is 14.4. The van der Waals surface area contributed by atoms with Gasteiger partial charge in [0.05, 0.1) is 38.9 Å². The fourth-order valence-corrected chi connectivity index (χ4v) is 4.14. The number of fused-ring (bicyclic) bond motifs is 5. The van der Waals surface area contributed by atoms with E-state index in [1.165, 1.54) is 23.7 Å². The highest BCUT2D eigenvalue weighted by Gasteiger charge is 2.30. The molecule has 30 heavy (non-hydrogen) atoms. The minimum atomic E-state index is -0.446. The topological polar surface area (TPSA) is 104 Å². The maximum Gasteiger partial charge on any atom is 0.331 e. The molecule has 0 amide bonds. The third-order valence-electron chi connectivity index (χ3n) is 5.63. The van der Waals surface area contributed by atoms with Crippen molar-refractivity contribution in [1.82, 2.24) is 13.7 Å². The molecular weight excluding hydrogens is 386 g/mol. The molecular formula is C21H17N5O4. The predicted octanol–water partition coefficient (Wildman–Crippen LogP) is 2.45. The minimum absolute atomic E-state index is 0.00327. The summed E-state index contributed by atoms with van der Waals surface area (Å²) < 4.78 is 4.48. The number of aromatic nitrogens is 3. The average molecular weight is 403 g/mol. The molecule has 0 saturated heterocycles. The fourth-order valence-electron chi connectivity index (χ4n) is 4.14. The molecule has 1 atom stereocenters. The van der Waals surface area contributed by atoms with Gasteiger partial charge in [0.25, 0.3) is 11.2 Å². The van der Waals surface area contributed by atoms with Crippen LogP contribution in [-0.4, -0.2) is 18.6 Å². The molecule has 0 radical (unpaired) electrons. The molecule has 2 aromatic carbocycles. The molecule has 0 fully saturated rings. The molecule has 9 nitrogen and oxygen atoms in total. The lowest BCUT2D eigenvalue weighted by Crippen LogP contribution is -2.37. The van der Waals surface area contributed by atoms with Gasteiger partial charge in [0.1, 0.15) is 0 Å². The van der Waals surface area contributed by atoms with Gasteiger partial charge in [0.15, 0.2) is 0 Å². The number of nitrogens with zero attached hydrogens (tertiary/aromatic N) is 4. The van der Waals surface area contributed by atoms with E-state index >= 15 is 0 Å².